The van der Waals surface area contributed by atoms with Crippen molar-refractivity contribution in [3.8, 4) is 0 Å². The first kappa shape index (κ1) is 14.6. The van der Waals surface area contributed by atoms with Crippen molar-refractivity contribution in [2.75, 3.05) is 6.54 Å². The molecule has 0 heterocycles. The average Bonchev–Trinajstić information content (AvgIpc) is 2.29. The van der Waals surface area contributed by atoms with Crippen LogP contribution in [0.3, 0.4) is 0 Å². The van der Waals surface area contributed by atoms with Crippen molar-refractivity contribution in [1.29, 1.82) is 0 Å². The Morgan fingerprint density at radius 3 is 2.39 bits per heavy atom. The van der Waals surface area contributed by atoms with Gasteiger partial charge in [0.2, 0.25) is 0 Å². The van der Waals surface area contributed by atoms with Crippen LogP contribution < -0.4 is 11.1 Å². The van der Waals surface area contributed by atoms with Gasteiger partial charge in [0.1, 0.15) is 0 Å². The van der Waals surface area contributed by atoms with Crippen LogP contribution >= 0.6 is 0 Å². The molecule has 1 rings (SSSR count). The highest BCUT2D eigenvalue weighted by Gasteiger charge is 2.11. The molecule has 0 aromatic heterocycles. The second-order valence-electron chi connectivity index (χ2n) is 5.62. The summed E-state index contributed by atoms with van der Waals surface area (Å²) in [6.45, 7) is 9.13. The highest BCUT2D eigenvalue weighted by atomic mass is 15.1. The molecule has 1 aromatic carbocycles. The van der Waals surface area contributed by atoms with E-state index in [4.69, 9.17) is 5.73 Å². The zero-order valence-corrected chi connectivity index (χ0v) is 11.9. The van der Waals surface area contributed by atoms with Gasteiger partial charge in [-0.3, -0.25) is 4.99 Å². The van der Waals surface area contributed by atoms with Crippen molar-refractivity contribution in [3.63, 3.8) is 0 Å². The Labute approximate surface area is 111 Å². The summed E-state index contributed by atoms with van der Waals surface area (Å²) >= 11 is 0. The quantitative estimate of drug-likeness (QED) is 0.635. The largest absolute Gasteiger partial charge is 0.370 e. The lowest BCUT2D eigenvalue weighted by Crippen LogP contribution is -2.45. The summed E-state index contributed by atoms with van der Waals surface area (Å²) in [6.07, 6.45) is 1.07. The van der Waals surface area contributed by atoms with Crippen molar-refractivity contribution in [2.45, 2.75) is 45.6 Å². The third-order valence-corrected chi connectivity index (χ3v) is 2.75. The number of nitrogens with zero attached hydrogens (tertiary/aromatic N) is 1. The van der Waals surface area contributed by atoms with Crippen molar-refractivity contribution in [1.82, 2.24) is 5.32 Å². The van der Waals surface area contributed by atoms with E-state index in [0.717, 1.165) is 13.0 Å². The molecule has 0 bridgehead atoms. The Morgan fingerprint density at radius 2 is 1.89 bits per heavy atom. The summed E-state index contributed by atoms with van der Waals surface area (Å²) in [7, 11) is 0. The van der Waals surface area contributed by atoms with Gasteiger partial charge in [-0.2, -0.15) is 0 Å². The molecule has 3 nitrogen and oxygen atoms in total. The number of benzene rings is 1. The summed E-state index contributed by atoms with van der Waals surface area (Å²) in [4.78, 5) is 4.44. The molecule has 0 saturated heterocycles. The maximum atomic E-state index is 5.88. The van der Waals surface area contributed by atoms with Crippen LogP contribution in [0.2, 0.25) is 0 Å². The van der Waals surface area contributed by atoms with Crippen LogP contribution in [0.25, 0.3) is 0 Å². The minimum atomic E-state index is -0.0396. The fourth-order valence-electron chi connectivity index (χ4n) is 1.83. The lowest BCUT2D eigenvalue weighted by Gasteiger charge is -2.21. The van der Waals surface area contributed by atoms with Crippen LogP contribution in [0.4, 0.5) is 0 Å². The van der Waals surface area contributed by atoms with E-state index in [2.05, 4.69) is 62.3 Å². The Bertz CT molecular complexity index is 376. The van der Waals surface area contributed by atoms with E-state index in [1.807, 2.05) is 6.07 Å². The van der Waals surface area contributed by atoms with Gasteiger partial charge in [-0.05, 0) is 32.8 Å². The second kappa shape index (κ2) is 6.43. The molecule has 18 heavy (non-hydrogen) atoms. The first-order valence-corrected chi connectivity index (χ1v) is 6.55. The third-order valence-electron chi connectivity index (χ3n) is 2.75. The lowest BCUT2D eigenvalue weighted by molar-refractivity contribution is 0.507. The molecule has 0 aliphatic heterocycles. The van der Waals surface area contributed by atoms with Gasteiger partial charge in [0.05, 0.1) is 0 Å². The summed E-state index contributed by atoms with van der Waals surface area (Å²) in [5, 5.41) is 3.18. The summed E-state index contributed by atoms with van der Waals surface area (Å²) in [6, 6.07) is 10.5. The minimum absolute atomic E-state index is 0.0396. The molecule has 0 aliphatic rings. The Morgan fingerprint density at radius 1 is 1.28 bits per heavy atom. The monoisotopic (exact) mass is 247 g/mol. The Kier molecular flexibility index (Phi) is 5.20. The number of hydrogen-bond donors (Lipinski definition) is 2. The van der Waals surface area contributed by atoms with Crippen molar-refractivity contribution < 1.29 is 0 Å². The van der Waals surface area contributed by atoms with Gasteiger partial charge in [-0.15, -0.1) is 0 Å². The molecule has 1 aromatic rings. The van der Waals surface area contributed by atoms with Crippen molar-refractivity contribution in [3.05, 3.63) is 35.9 Å². The van der Waals surface area contributed by atoms with Crippen molar-refractivity contribution in [2.24, 2.45) is 10.7 Å². The van der Waals surface area contributed by atoms with E-state index in [0.29, 0.717) is 11.9 Å². The fraction of sp³-hybridized carbons (Fsp3) is 0.533. The SMILES string of the molecule is CCC(CN=C(N)NC(C)(C)C)c1ccccc1. The lowest BCUT2D eigenvalue weighted by atomic mass is 9.97. The van der Waals surface area contributed by atoms with Crippen LogP contribution in [0.1, 0.15) is 45.6 Å². The van der Waals surface area contributed by atoms with E-state index in [-0.39, 0.29) is 5.54 Å². The zero-order chi connectivity index (χ0) is 13.6. The summed E-state index contributed by atoms with van der Waals surface area (Å²) in [5.41, 5.74) is 7.17. The Balaban J connectivity index is 2.62. The first-order valence-electron chi connectivity index (χ1n) is 6.55. The maximum absolute atomic E-state index is 5.88. The molecule has 0 spiro atoms. The summed E-state index contributed by atoms with van der Waals surface area (Å²) < 4.78 is 0. The molecule has 1 atom stereocenters. The molecular weight excluding hydrogens is 222 g/mol. The van der Waals surface area contributed by atoms with Crippen LogP contribution in [-0.4, -0.2) is 18.0 Å². The minimum Gasteiger partial charge on any atom is -0.370 e. The van der Waals surface area contributed by atoms with E-state index in [1.54, 1.807) is 0 Å². The molecule has 0 amide bonds. The number of nitrogens with two attached hydrogens (primary N) is 1. The number of hydrogen-bond acceptors (Lipinski definition) is 1. The standard InChI is InChI=1S/C15H25N3/c1-5-12(13-9-7-6-8-10-13)11-17-14(16)18-15(2,3)4/h6-10,12H,5,11H2,1-4H3,(H3,16,17,18). The van der Waals surface area contributed by atoms with E-state index < -0.39 is 0 Å². The van der Waals surface area contributed by atoms with Gasteiger partial charge >= 0.3 is 0 Å². The number of aliphatic imine (C=N–C) groups is 1. The first-order chi connectivity index (χ1) is 8.42. The van der Waals surface area contributed by atoms with E-state index in [9.17, 15) is 0 Å². The second-order valence-corrected chi connectivity index (χ2v) is 5.62. The molecule has 3 heteroatoms. The predicted octanol–water partition coefficient (Wildman–Crippen LogP) is 2.88. The predicted molar refractivity (Wildman–Crippen MR) is 78.9 cm³/mol. The Hall–Kier alpha value is -1.51. The molecular formula is C15H25N3. The van der Waals surface area contributed by atoms with Crippen LogP contribution in [0.15, 0.2) is 35.3 Å². The highest BCUT2D eigenvalue weighted by molar-refractivity contribution is 5.78. The van der Waals surface area contributed by atoms with Gasteiger partial charge in [0.25, 0.3) is 0 Å². The van der Waals surface area contributed by atoms with Crippen molar-refractivity contribution >= 4 is 5.96 Å². The molecule has 0 aliphatic carbocycles. The fourth-order valence-corrected chi connectivity index (χ4v) is 1.83. The molecule has 3 N–H and O–H groups in total. The molecule has 0 saturated carbocycles. The van der Waals surface area contributed by atoms with Gasteiger partial charge in [0, 0.05) is 18.0 Å². The smallest absolute Gasteiger partial charge is 0.189 e. The molecule has 0 fully saturated rings. The maximum Gasteiger partial charge on any atom is 0.189 e. The van der Waals surface area contributed by atoms with Crippen LogP contribution in [0.5, 0.6) is 0 Å². The van der Waals surface area contributed by atoms with E-state index in [1.165, 1.54) is 5.56 Å². The molecule has 100 valence electrons. The van der Waals surface area contributed by atoms with Crippen LogP contribution in [-0.2, 0) is 0 Å². The number of rotatable bonds is 4. The van der Waals surface area contributed by atoms with E-state index >= 15 is 0 Å². The van der Waals surface area contributed by atoms with Gasteiger partial charge in [-0.1, -0.05) is 37.3 Å². The highest BCUT2D eigenvalue weighted by Crippen LogP contribution is 2.19. The number of guanidine groups is 1. The molecule has 1 unspecified atom stereocenters. The van der Waals surface area contributed by atoms with Gasteiger partial charge < -0.3 is 11.1 Å². The topological polar surface area (TPSA) is 50.4 Å². The average molecular weight is 247 g/mol. The van der Waals surface area contributed by atoms with Gasteiger partial charge in [-0.25, -0.2) is 0 Å². The number of nitrogens with one attached hydrogen (secondary N) is 1. The molecule has 0 radical (unpaired) electrons. The third kappa shape index (κ3) is 5.21. The van der Waals surface area contributed by atoms with Gasteiger partial charge in [0.15, 0.2) is 5.96 Å². The van der Waals surface area contributed by atoms with Crippen LogP contribution in [0, 0.1) is 0 Å². The normalized spacial score (nSPS) is 14.3. The zero-order valence-electron chi connectivity index (χ0n) is 11.9. The summed E-state index contributed by atoms with van der Waals surface area (Å²) in [5.74, 6) is 0.961.